The van der Waals surface area contributed by atoms with Crippen molar-refractivity contribution in [2.24, 2.45) is 0 Å². The second-order valence-corrected chi connectivity index (χ2v) is 3.29. The van der Waals surface area contributed by atoms with Crippen LogP contribution in [0.5, 0.6) is 0 Å². The number of rotatable bonds is 3. The summed E-state index contributed by atoms with van der Waals surface area (Å²) < 4.78 is 6.26. The second kappa shape index (κ2) is 3.74. The van der Waals surface area contributed by atoms with Crippen molar-refractivity contribution in [2.45, 2.75) is 6.54 Å². The Labute approximate surface area is 89.2 Å². The molecule has 2 aromatic rings. The van der Waals surface area contributed by atoms with Gasteiger partial charge in [-0.1, -0.05) is 11.6 Å². The molecule has 0 atom stereocenters. The summed E-state index contributed by atoms with van der Waals surface area (Å²) in [5.74, 6) is -0.333. The predicted molar refractivity (Wildman–Crippen MR) is 51.7 cm³/mol. The fraction of sp³-hybridized carbons (Fsp3) is 0.125. The van der Waals surface area contributed by atoms with Crippen LogP contribution in [0.25, 0.3) is 0 Å². The molecular formula is C8H6ClN3O3. The van der Waals surface area contributed by atoms with Crippen molar-refractivity contribution in [3.8, 4) is 0 Å². The third kappa shape index (κ3) is 1.99. The summed E-state index contributed by atoms with van der Waals surface area (Å²) in [6.45, 7) is 0.393. The maximum absolute atomic E-state index is 10.5. The Morgan fingerprint density at radius 3 is 3.00 bits per heavy atom. The zero-order valence-electron chi connectivity index (χ0n) is 7.46. The highest BCUT2D eigenvalue weighted by Gasteiger charge is 2.18. The molecule has 2 heterocycles. The van der Waals surface area contributed by atoms with Gasteiger partial charge in [0.15, 0.2) is 5.02 Å². The van der Waals surface area contributed by atoms with E-state index in [1.54, 1.807) is 12.3 Å². The van der Waals surface area contributed by atoms with Crippen molar-refractivity contribution in [1.29, 1.82) is 0 Å². The van der Waals surface area contributed by atoms with Crippen LogP contribution < -0.4 is 0 Å². The quantitative estimate of drug-likeness (QED) is 0.594. The normalized spacial score (nSPS) is 10.5. The van der Waals surface area contributed by atoms with Crippen molar-refractivity contribution in [3.63, 3.8) is 0 Å². The van der Waals surface area contributed by atoms with Crippen LogP contribution in [0.2, 0.25) is 5.02 Å². The summed E-state index contributed by atoms with van der Waals surface area (Å²) in [7, 11) is 0. The number of halogens is 1. The lowest BCUT2D eigenvalue weighted by molar-refractivity contribution is -0.389. The summed E-state index contributed by atoms with van der Waals surface area (Å²) in [4.78, 5) is 9.85. The molecule has 6 nitrogen and oxygen atoms in total. The molecule has 15 heavy (non-hydrogen) atoms. The van der Waals surface area contributed by atoms with Crippen LogP contribution >= 0.6 is 11.6 Å². The number of nitro groups is 1. The smallest absolute Gasteiger partial charge is 0.408 e. The first-order valence-electron chi connectivity index (χ1n) is 4.05. The summed E-state index contributed by atoms with van der Waals surface area (Å²) in [6.07, 6.45) is 4.48. The Morgan fingerprint density at radius 1 is 1.67 bits per heavy atom. The largest absolute Gasteiger partial charge is 0.472 e. The molecule has 0 N–H and O–H groups in total. The average molecular weight is 228 g/mol. The Balaban J connectivity index is 2.23. The van der Waals surface area contributed by atoms with Gasteiger partial charge >= 0.3 is 5.82 Å². The highest BCUT2D eigenvalue weighted by Crippen LogP contribution is 2.21. The molecule has 2 rings (SSSR count). The molecule has 2 aromatic heterocycles. The molecule has 0 amide bonds. The second-order valence-electron chi connectivity index (χ2n) is 2.89. The highest BCUT2D eigenvalue weighted by atomic mass is 35.5. The molecule has 0 aliphatic rings. The maximum atomic E-state index is 10.5. The summed E-state index contributed by atoms with van der Waals surface area (Å²) in [5.41, 5.74) is 0.865. The molecule has 78 valence electrons. The average Bonchev–Trinajstić information content (AvgIpc) is 2.75. The van der Waals surface area contributed by atoms with Gasteiger partial charge in [0.05, 0.1) is 30.4 Å². The molecule has 0 aliphatic heterocycles. The third-order valence-corrected chi connectivity index (χ3v) is 2.06. The fourth-order valence-electron chi connectivity index (χ4n) is 1.16. The van der Waals surface area contributed by atoms with E-state index in [9.17, 15) is 10.1 Å². The Hall–Kier alpha value is -1.82. The van der Waals surface area contributed by atoms with Gasteiger partial charge in [0, 0.05) is 5.56 Å². The monoisotopic (exact) mass is 227 g/mol. The summed E-state index contributed by atoms with van der Waals surface area (Å²) in [5, 5.41) is 14.2. The van der Waals surface area contributed by atoms with E-state index in [2.05, 4.69) is 5.10 Å². The van der Waals surface area contributed by atoms with Crippen LogP contribution in [-0.4, -0.2) is 14.7 Å². The summed E-state index contributed by atoms with van der Waals surface area (Å²) >= 11 is 5.63. The van der Waals surface area contributed by atoms with Crippen LogP contribution in [0.3, 0.4) is 0 Å². The van der Waals surface area contributed by atoms with E-state index in [0.717, 1.165) is 5.56 Å². The van der Waals surface area contributed by atoms with E-state index < -0.39 is 4.92 Å². The van der Waals surface area contributed by atoms with Crippen LogP contribution in [0.4, 0.5) is 5.82 Å². The Kier molecular flexibility index (Phi) is 2.42. The predicted octanol–water partition coefficient (Wildman–Crippen LogP) is 2.09. The van der Waals surface area contributed by atoms with Gasteiger partial charge in [-0.2, -0.15) is 4.68 Å². The first-order valence-corrected chi connectivity index (χ1v) is 4.43. The number of aromatic nitrogens is 2. The van der Waals surface area contributed by atoms with Gasteiger partial charge in [-0.05, 0) is 11.0 Å². The number of nitrogens with zero attached hydrogens (tertiary/aromatic N) is 3. The van der Waals surface area contributed by atoms with Gasteiger partial charge in [-0.3, -0.25) is 0 Å². The highest BCUT2D eigenvalue weighted by molar-refractivity contribution is 6.32. The molecule has 0 fully saturated rings. The first-order chi connectivity index (χ1) is 7.16. The molecule has 0 saturated carbocycles. The van der Waals surface area contributed by atoms with E-state index >= 15 is 0 Å². The minimum absolute atomic E-state index is 0.0310. The van der Waals surface area contributed by atoms with Crippen LogP contribution in [0.1, 0.15) is 5.56 Å². The lowest BCUT2D eigenvalue weighted by atomic mass is 10.3. The van der Waals surface area contributed by atoms with Crippen molar-refractivity contribution in [2.75, 3.05) is 0 Å². The topological polar surface area (TPSA) is 74.1 Å². The van der Waals surface area contributed by atoms with Crippen molar-refractivity contribution in [3.05, 3.63) is 45.5 Å². The van der Waals surface area contributed by atoms with E-state index in [-0.39, 0.29) is 10.8 Å². The van der Waals surface area contributed by atoms with Gasteiger partial charge in [0.25, 0.3) is 0 Å². The van der Waals surface area contributed by atoms with Crippen molar-refractivity contribution >= 4 is 17.4 Å². The SMILES string of the molecule is O=[N+]([O-])c1nn(Cc2ccoc2)cc1Cl. The van der Waals surface area contributed by atoms with Gasteiger partial charge < -0.3 is 14.5 Å². The molecule has 0 aromatic carbocycles. The molecule has 0 bridgehead atoms. The minimum atomic E-state index is -0.617. The van der Waals surface area contributed by atoms with Gasteiger partial charge in [-0.25, -0.2) is 0 Å². The molecule has 0 saturated heterocycles. The zero-order valence-corrected chi connectivity index (χ0v) is 8.22. The molecule has 7 heteroatoms. The van der Waals surface area contributed by atoms with E-state index in [0.29, 0.717) is 6.54 Å². The summed E-state index contributed by atoms with van der Waals surface area (Å²) in [6, 6.07) is 1.75. The zero-order chi connectivity index (χ0) is 10.8. The molecule has 0 unspecified atom stereocenters. The van der Waals surface area contributed by atoms with E-state index in [1.807, 2.05) is 0 Å². The van der Waals surface area contributed by atoms with Crippen LogP contribution in [0.15, 0.2) is 29.2 Å². The van der Waals surface area contributed by atoms with Crippen LogP contribution in [-0.2, 0) is 6.54 Å². The Morgan fingerprint density at radius 2 is 2.47 bits per heavy atom. The molecule has 0 spiro atoms. The van der Waals surface area contributed by atoms with E-state index in [1.165, 1.54) is 17.1 Å². The maximum Gasteiger partial charge on any atom is 0.408 e. The standard InChI is InChI=1S/C8H6ClN3O3/c9-7-4-11(10-8(7)12(13)14)3-6-1-2-15-5-6/h1-2,4-5H,3H2. The van der Waals surface area contributed by atoms with Gasteiger partial charge in [0.2, 0.25) is 0 Å². The van der Waals surface area contributed by atoms with E-state index in [4.69, 9.17) is 16.0 Å². The Bertz CT molecular complexity index is 477. The number of hydrogen-bond donors (Lipinski definition) is 0. The van der Waals surface area contributed by atoms with Gasteiger partial charge in [-0.15, -0.1) is 0 Å². The molecule has 0 radical (unpaired) electrons. The van der Waals surface area contributed by atoms with Crippen molar-refractivity contribution in [1.82, 2.24) is 9.78 Å². The number of furan rings is 1. The molecule has 0 aliphatic carbocycles. The minimum Gasteiger partial charge on any atom is -0.472 e. The fourth-order valence-corrected chi connectivity index (χ4v) is 1.38. The lowest BCUT2D eigenvalue weighted by Gasteiger charge is -1.90. The van der Waals surface area contributed by atoms with Crippen LogP contribution in [0, 0.1) is 10.1 Å². The van der Waals surface area contributed by atoms with Gasteiger partial charge in [0.1, 0.15) is 0 Å². The third-order valence-electron chi connectivity index (χ3n) is 1.80. The lowest BCUT2D eigenvalue weighted by Crippen LogP contribution is -2.00. The van der Waals surface area contributed by atoms with Crippen molar-refractivity contribution < 1.29 is 9.34 Å². The first kappa shape index (κ1) is 9.72. The molecular weight excluding hydrogens is 222 g/mol. The number of hydrogen-bond acceptors (Lipinski definition) is 4.